The van der Waals surface area contributed by atoms with Gasteiger partial charge < -0.3 is 10.7 Å². The molecule has 4 N–H and O–H groups in total. The van der Waals surface area contributed by atoms with Gasteiger partial charge in [0.05, 0.1) is 6.04 Å². The number of anilines is 2. The molecule has 2 aromatic heterocycles. The predicted octanol–water partition coefficient (Wildman–Crippen LogP) is 2.65. The van der Waals surface area contributed by atoms with Gasteiger partial charge in [0, 0.05) is 16.6 Å². The minimum Gasteiger partial charge on any atom is -0.361 e. The third kappa shape index (κ3) is 3.23. The lowest BCUT2D eigenvalue weighted by Gasteiger charge is -2.16. The number of nitrogens with one attached hydrogen (secondary N) is 2. The summed E-state index contributed by atoms with van der Waals surface area (Å²) in [6.45, 7) is 6.19. The monoisotopic (exact) mass is 292 g/mol. The van der Waals surface area contributed by atoms with Crippen molar-refractivity contribution in [1.82, 2.24) is 15.0 Å². The maximum Gasteiger partial charge on any atom is 0.148 e. The summed E-state index contributed by atoms with van der Waals surface area (Å²) < 4.78 is 0. The van der Waals surface area contributed by atoms with E-state index in [4.69, 9.17) is 5.84 Å². The zero-order valence-electron chi connectivity index (χ0n) is 12.0. The molecule has 20 heavy (non-hydrogen) atoms. The summed E-state index contributed by atoms with van der Waals surface area (Å²) in [6.07, 6.45) is 3.38. The SMILES string of the molecule is CCCc1c(NN)ncnc1NC(C)c1nc(C)cs1. The molecule has 1 unspecified atom stereocenters. The van der Waals surface area contributed by atoms with Gasteiger partial charge in [-0.25, -0.2) is 20.8 Å². The van der Waals surface area contributed by atoms with Crippen molar-refractivity contribution in [2.45, 2.75) is 39.7 Å². The molecule has 0 fully saturated rings. The summed E-state index contributed by atoms with van der Waals surface area (Å²) in [5, 5.41) is 6.50. The normalized spacial score (nSPS) is 12.2. The molecule has 0 aliphatic carbocycles. The van der Waals surface area contributed by atoms with E-state index in [1.54, 1.807) is 11.3 Å². The van der Waals surface area contributed by atoms with Crippen molar-refractivity contribution in [3.05, 3.63) is 28.0 Å². The lowest BCUT2D eigenvalue weighted by Crippen LogP contribution is -2.15. The van der Waals surface area contributed by atoms with Crippen LogP contribution in [0.4, 0.5) is 11.6 Å². The molecule has 6 nitrogen and oxygen atoms in total. The fourth-order valence-electron chi connectivity index (χ4n) is 1.99. The Hall–Kier alpha value is -1.73. The van der Waals surface area contributed by atoms with Gasteiger partial charge in [0.2, 0.25) is 0 Å². The molecule has 1 atom stereocenters. The number of hydrazine groups is 1. The Balaban J connectivity index is 2.24. The Labute approximate surface area is 122 Å². The summed E-state index contributed by atoms with van der Waals surface area (Å²) in [6, 6.07) is 0.102. The van der Waals surface area contributed by atoms with Crippen LogP contribution in [0.2, 0.25) is 0 Å². The average Bonchev–Trinajstić information content (AvgIpc) is 2.87. The fraction of sp³-hybridized carbons (Fsp3) is 0.462. The van der Waals surface area contributed by atoms with Gasteiger partial charge in [-0.1, -0.05) is 13.3 Å². The second-order valence-corrected chi connectivity index (χ2v) is 5.53. The van der Waals surface area contributed by atoms with E-state index in [1.165, 1.54) is 6.33 Å². The molecule has 0 spiro atoms. The van der Waals surface area contributed by atoms with Crippen molar-refractivity contribution in [2.24, 2.45) is 5.84 Å². The van der Waals surface area contributed by atoms with E-state index in [-0.39, 0.29) is 6.04 Å². The molecule has 0 amide bonds. The van der Waals surface area contributed by atoms with E-state index >= 15 is 0 Å². The van der Waals surface area contributed by atoms with Crippen molar-refractivity contribution in [3.63, 3.8) is 0 Å². The minimum atomic E-state index is 0.102. The Morgan fingerprint density at radius 1 is 1.35 bits per heavy atom. The third-order valence-electron chi connectivity index (χ3n) is 2.94. The Bertz CT molecular complexity index is 568. The number of nitrogen functional groups attached to an aromatic ring is 1. The first-order valence-electron chi connectivity index (χ1n) is 6.64. The van der Waals surface area contributed by atoms with Crippen LogP contribution in [0.15, 0.2) is 11.7 Å². The predicted molar refractivity (Wildman–Crippen MR) is 82.7 cm³/mol. The smallest absolute Gasteiger partial charge is 0.148 e. The highest BCUT2D eigenvalue weighted by molar-refractivity contribution is 7.09. The highest BCUT2D eigenvalue weighted by Gasteiger charge is 2.15. The molecule has 2 heterocycles. The zero-order valence-corrected chi connectivity index (χ0v) is 12.8. The average molecular weight is 292 g/mol. The van der Waals surface area contributed by atoms with Gasteiger partial charge in [-0.2, -0.15) is 0 Å². The van der Waals surface area contributed by atoms with Gasteiger partial charge in [-0.15, -0.1) is 11.3 Å². The summed E-state index contributed by atoms with van der Waals surface area (Å²) in [7, 11) is 0. The molecular weight excluding hydrogens is 272 g/mol. The quantitative estimate of drug-likeness (QED) is 0.560. The molecule has 2 aromatic rings. The molecule has 108 valence electrons. The lowest BCUT2D eigenvalue weighted by molar-refractivity contribution is 0.835. The van der Waals surface area contributed by atoms with Crippen molar-refractivity contribution in [3.8, 4) is 0 Å². The number of rotatable bonds is 6. The second-order valence-electron chi connectivity index (χ2n) is 4.64. The first-order chi connectivity index (χ1) is 9.65. The van der Waals surface area contributed by atoms with Crippen LogP contribution in [0.1, 0.15) is 42.6 Å². The van der Waals surface area contributed by atoms with Crippen LogP contribution in [0.3, 0.4) is 0 Å². The van der Waals surface area contributed by atoms with Crippen LogP contribution in [-0.2, 0) is 6.42 Å². The van der Waals surface area contributed by atoms with Crippen molar-refractivity contribution in [2.75, 3.05) is 10.7 Å². The third-order valence-corrected chi connectivity index (χ3v) is 4.09. The van der Waals surface area contributed by atoms with E-state index in [9.17, 15) is 0 Å². The van der Waals surface area contributed by atoms with E-state index in [2.05, 4.69) is 39.5 Å². The molecular formula is C13H20N6S. The fourth-order valence-corrected chi connectivity index (χ4v) is 2.79. The van der Waals surface area contributed by atoms with Gasteiger partial charge in [-0.3, -0.25) is 0 Å². The van der Waals surface area contributed by atoms with Gasteiger partial charge in [0.1, 0.15) is 23.0 Å². The number of aromatic nitrogens is 3. The zero-order chi connectivity index (χ0) is 14.5. The molecule has 0 radical (unpaired) electrons. The Morgan fingerprint density at radius 2 is 2.10 bits per heavy atom. The van der Waals surface area contributed by atoms with Crippen molar-refractivity contribution < 1.29 is 0 Å². The number of nitrogens with zero attached hydrogens (tertiary/aromatic N) is 3. The second kappa shape index (κ2) is 6.62. The number of hydrogen-bond acceptors (Lipinski definition) is 7. The van der Waals surface area contributed by atoms with Crippen LogP contribution >= 0.6 is 11.3 Å². The minimum absolute atomic E-state index is 0.102. The molecule has 7 heteroatoms. The first kappa shape index (κ1) is 14.7. The summed E-state index contributed by atoms with van der Waals surface area (Å²) >= 11 is 1.65. The maximum atomic E-state index is 5.52. The van der Waals surface area contributed by atoms with Crippen LogP contribution in [-0.4, -0.2) is 15.0 Å². The van der Waals surface area contributed by atoms with Gasteiger partial charge >= 0.3 is 0 Å². The first-order valence-corrected chi connectivity index (χ1v) is 7.52. The van der Waals surface area contributed by atoms with Crippen molar-refractivity contribution >= 4 is 23.0 Å². The topological polar surface area (TPSA) is 88.8 Å². The number of thiazole rings is 1. The summed E-state index contributed by atoms with van der Waals surface area (Å²) in [4.78, 5) is 13.0. The molecule has 0 saturated carbocycles. The Morgan fingerprint density at radius 3 is 2.70 bits per heavy atom. The van der Waals surface area contributed by atoms with Crippen molar-refractivity contribution in [1.29, 1.82) is 0 Å². The lowest BCUT2D eigenvalue weighted by atomic mass is 10.1. The Kier molecular flexibility index (Phi) is 4.86. The molecule has 0 aromatic carbocycles. The molecule has 0 saturated heterocycles. The largest absolute Gasteiger partial charge is 0.361 e. The molecule has 0 bridgehead atoms. The number of hydrogen-bond donors (Lipinski definition) is 3. The molecule has 2 rings (SSSR count). The van der Waals surface area contributed by atoms with Gasteiger partial charge in [0.15, 0.2) is 0 Å². The molecule has 0 aliphatic heterocycles. The van der Waals surface area contributed by atoms with Crippen LogP contribution in [0, 0.1) is 6.92 Å². The van der Waals surface area contributed by atoms with E-state index in [1.807, 2.05) is 12.3 Å². The standard InChI is InChI=1S/C13H20N6S/c1-4-5-10-11(15-7-16-12(10)19-14)18-9(3)13-17-8(2)6-20-13/h6-7,9H,4-5,14H2,1-3H3,(H2,15,16,18,19). The molecule has 0 aliphatic rings. The summed E-state index contributed by atoms with van der Waals surface area (Å²) in [5.41, 5.74) is 4.69. The highest BCUT2D eigenvalue weighted by atomic mass is 32.1. The van der Waals surface area contributed by atoms with E-state index in [0.29, 0.717) is 5.82 Å². The number of aryl methyl sites for hydroxylation is 1. The van der Waals surface area contributed by atoms with Crippen LogP contribution in [0.25, 0.3) is 0 Å². The summed E-state index contributed by atoms with van der Waals surface area (Å²) in [5.74, 6) is 7.00. The highest BCUT2D eigenvalue weighted by Crippen LogP contribution is 2.26. The number of nitrogens with two attached hydrogens (primary N) is 1. The van der Waals surface area contributed by atoms with E-state index < -0.39 is 0 Å². The van der Waals surface area contributed by atoms with E-state index in [0.717, 1.165) is 34.9 Å². The maximum absolute atomic E-state index is 5.52. The van der Waals surface area contributed by atoms with Gasteiger partial charge in [0.25, 0.3) is 0 Å². The van der Waals surface area contributed by atoms with Crippen LogP contribution < -0.4 is 16.6 Å². The van der Waals surface area contributed by atoms with Gasteiger partial charge in [-0.05, 0) is 20.3 Å². The van der Waals surface area contributed by atoms with Crippen LogP contribution in [0.5, 0.6) is 0 Å².